The van der Waals surface area contributed by atoms with E-state index >= 15 is 0 Å². The number of nitrogens with zero attached hydrogens (tertiary/aromatic N) is 1. The standard InChI is InChI=1S/C31H29N3O4/c32-27-14-8-7-13-25(27)20-29(37)34(28(36)19-22-9-3-1-4-10-22)30(24-11-5-2-6-12-24)31(38)33-21-23-15-17-26(35)18-16-23/h1-18,30,35H,19-21,32H2,(H,33,38). The number of hydrogen-bond donors (Lipinski definition) is 3. The number of nitrogen functional groups attached to an aromatic ring is 1. The average molecular weight is 508 g/mol. The lowest BCUT2D eigenvalue weighted by Crippen LogP contribution is -2.48. The van der Waals surface area contributed by atoms with Crippen molar-refractivity contribution in [3.05, 3.63) is 131 Å². The molecule has 1 unspecified atom stereocenters. The Morgan fingerprint density at radius 1 is 0.711 bits per heavy atom. The van der Waals surface area contributed by atoms with Crippen LogP contribution in [0, 0.1) is 0 Å². The van der Waals surface area contributed by atoms with Crippen LogP contribution in [0.1, 0.15) is 28.3 Å². The maximum absolute atomic E-state index is 13.8. The molecule has 4 aromatic carbocycles. The highest BCUT2D eigenvalue weighted by Gasteiger charge is 2.36. The van der Waals surface area contributed by atoms with Gasteiger partial charge in [-0.2, -0.15) is 0 Å². The molecule has 0 spiro atoms. The first kappa shape index (κ1) is 26.2. The molecule has 0 bridgehead atoms. The molecule has 7 heteroatoms. The van der Waals surface area contributed by atoms with Gasteiger partial charge in [0.15, 0.2) is 0 Å². The van der Waals surface area contributed by atoms with Gasteiger partial charge in [0, 0.05) is 12.2 Å². The summed E-state index contributed by atoms with van der Waals surface area (Å²) < 4.78 is 0. The second-order valence-electron chi connectivity index (χ2n) is 8.89. The molecule has 0 aliphatic heterocycles. The molecular weight excluding hydrogens is 478 g/mol. The number of carbonyl (C=O) groups is 3. The van der Waals surface area contributed by atoms with Crippen LogP contribution in [-0.4, -0.2) is 27.7 Å². The summed E-state index contributed by atoms with van der Waals surface area (Å²) in [7, 11) is 0. The summed E-state index contributed by atoms with van der Waals surface area (Å²) in [6.07, 6.45) is -0.187. The number of nitrogens with one attached hydrogen (secondary N) is 1. The first-order valence-electron chi connectivity index (χ1n) is 12.2. The zero-order valence-electron chi connectivity index (χ0n) is 20.8. The van der Waals surface area contributed by atoms with E-state index in [2.05, 4.69) is 5.32 Å². The molecule has 0 fully saturated rings. The third kappa shape index (κ3) is 6.64. The van der Waals surface area contributed by atoms with E-state index < -0.39 is 23.8 Å². The van der Waals surface area contributed by atoms with Crippen molar-refractivity contribution in [3.63, 3.8) is 0 Å². The van der Waals surface area contributed by atoms with E-state index in [1.54, 1.807) is 78.9 Å². The fraction of sp³-hybridized carbons (Fsp3) is 0.129. The Labute approximate surface area is 221 Å². The minimum atomic E-state index is -1.19. The van der Waals surface area contributed by atoms with Crippen LogP contribution in [-0.2, 0) is 33.8 Å². The van der Waals surface area contributed by atoms with Gasteiger partial charge in [-0.15, -0.1) is 0 Å². The third-order valence-corrected chi connectivity index (χ3v) is 6.16. The molecule has 4 aromatic rings. The summed E-state index contributed by atoms with van der Waals surface area (Å²) in [5.41, 5.74) is 9.09. The average Bonchev–Trinajstić information content (AvgIpc) is 2.93. The van der Waals surface area contributed by atoms with Gasteiger partial charge in [-0.1, -0.05) is 91.0 Å². The zero-order chi connectivity index (χ0) is 26.9. The van der Waals surface area contributed by atoms with Crippen molar-refractivity contribution in [1.29, 1.82) is 0 Å². The maximum atomic E-state index is 13.8. The van der Waals surface area contributed by atoms with Crippen LogP contribution in [0.5, 0.6) is 5.75 Å². The molecule has 1 atom stereocenters. The van der Waals surface area contributed by atoms with Gasteiger partial charge in [-0.05, 0) is 40.5 Å². The molecule has 0 aromatic heterocycles. The Kier molecular flexibility index (Phi) is 8.51. The molecule has 0 heterocycles. The quantitative estimate of drug-likeness (QED) is 0.294. The Bertz CT molecular complexity index is 1390. The van der Waals surface area contributed by atoms with Crippen molar-refractivity contribution in [1.82, 2.24) is 10.2 Å². The minimum Gasteiger partial charge on any atom is -0.508 e. The van der Waals surface area contributed by atoms with Gasteiger partial charge >= 0.3 is 0 Å². The van der Waals surface area contributed by atoms with Crippen LogP contribution in [0.25, 0.3) is 0 Å². The Hall–Kier alpha value is -4.91. The number of benzene rings is 4. The molecular formula is C31H29N3O4. The van der Waals surface area contributed by atoms with Gasteiger partial charge in [-0.25, -0.2) is 0 Å². The summed E-state index contributed by atoms with van der Waals surface area (Å²) in [5, 5.41) is 12.4. The van der Waals surface area contributed by atoms with Crippen LogP contribution in [0.15, 0.2) is 109 Å². The molecule has 4 N–H and O–H groups in total. The number of amides is 3. The molecule has 38 heavy (non-hydrogen) atoms. The summed E-state index contributed by atoms with van der Waals surface area (Å²) in [5.74, 6) is -1.41. The number of anilines is 1. The van der Waals surface area contributed by atoms with Gasteiger partial charge < -0.3 is 16.2 Å². The summed E-state index contributed by atoms with van der Waals surface area (Å²) >= 11 is 0. The largest absolute Gasteiger partial charge is 0.508 e. The van der Waals surface area contributed by atoms with Gasteiger partial charge in [0.2, 0.25) is 17.7 Å². The highest BCUT2D eigenvalue weighted by Crippen LogP contribution is 2.25. The van der Waals surface area contributed by atoms with Crippen LogP contribution >= 0.6 is 0 Å². The molecule has 7 nitrogen and oxygen atoms in total. The number of rotatable bonds is 9. The van der Waals surface area contributed by atoms with Crippen LogP contribution in [0.4, 0.5) is 5.69 Å². The molecule has 192 valence electrons. The van der Waals surface area contributed by atoms with E-state index in [1.807, 2.05) is 18.2 Å². The summed E-state index contributed by atoms with van der Waals surface area (Å²) in [6.45, 7) is 0.156. The van der Waals surface area contributed by atoms with Gasteiger partial charge in [0.05, 0.1) is 12.8 Å². The Morgan fingerprint density at radius 2 is 1.29 bits per heavy atom. The molecule has 3 amide bonds. The number of phenolic OH excluding ortho intramolecular Hbond substituents is 1. The van der Waals surface area contributed by atoms with Gasteiger partial charge in [0.1, 0.15) is 11.8 Å². The summed E-state index contributed by atoms with van der Waals surface area (Å²) in [6, 6.07) is 30.1. The smallest absolute Gasteiger partial charge is 0.248 e. The molecule has 4 rings (SSSR count). The summed E-state index contributed by atoms with van der Waals surface area (Å²) in [4.78, 5) is 42.2. The SMILES string of the molecule is Nc1ccccc1CC(=O)N(C(=O)Cc1ccccc1)C(C(=O)NCc1ccc(O)cc1)c1ccccc1. The van der Waals surface area contributed by atoms with E-state index in [0.29, 0.717) is 16.8 Å². The highest BCUT2D eigenvalue weighted by atomic mass is 16.3. The van der Waals surface area contributed by atoms with Crippen LogP contribution in [0.3, 0.4) is 0 Å². The zero-order valence-corrected chi connectivity index (χ0v) is 20.8. The van der Waals surface area contributed by atoms with Crippen molar-refractivity contribution in [2.45, 2.75) is 25.4 Å². The van der Waals surface area contributed by atoms with Crippen molar-refractivity contribution in [3.8, 4) is 5.75 Å². The van der Waals surface area contributed by atoms with E-state index in [0.717, 1.165) is 16.0 Å². The second kappa shape index (κ2) is 12.4. The molecule has 0 aliphatic rings. The van der Waals surface area contributed by atoms with E-state index in [9.17, 15) is 19.5 Å². The first-order valence-corrected chi connectivity index (χ1v) is 12.2. The van der Waals surface area contributed by atoms with Crippen molar-refractivity contribution < 1.29 is 19.5 Å². The van der Waals surface area contributed by atoms with Crippen molar-refractivity contribution >= 4 is 23.4 Å². The third-order valence-electron chi connectivity index (χ3n) is 6.16. The molecule has 0 saturated carbocycles. The second-order valence-corrected chi connectivity index (χ2v) is 8.89. The van der Waals surface area contributed by atoms with Crippen LogP contribution in [0.2, 0.25) is 0 Å². The van der Waals surface area contributed by atoms with Crippen molar-refractivity contribution in [2.24, 2.45) is 0 Å². The Morgan fingerprint density at radius 3 is 1.95 bits per heavy atom. The fourth-order valence-corrected chi connectivity index (χ4v) is 4.18. The number of hydrogen-bond acceptors (Lipinski definition) is 5. The van der Waals surface area contributed by atoms with Gasteiger partial charge in [-0.3, -0.25) is 19.3 Å². The van der Waals surface area contributed by atoms with E-state index in [1.165, 1.54) is 12.1 Å². The van der Waals surface area contributed by atoms with Gasteiger partial charge in [0.25, 0.3) is 0 Å². The number of para-hydroxylation sites is 1. The molecule has 0 aliphatic carbocycles. The first-order chi connectivity index (χ1) is 18.4. The topological polar surface area (TPSA) is 113 Å². The number of aromatic hydroxyl groups is 1. The maximum Gasteiger partial charge on any atom is 0.248 e. The number of imide groups is 1. The monoisotopic (exact) mass is 507 g/mol. The number of carbonyl (C=O) groups excluding carboxylic acids is 3. The predicted octanol–water partition coefficient (Wildman–Crippen LogP) is 4.17. The van der Waals surface area contributed by atoms with Crippen LogP contribution < -0.4 is 11.1 Å². The lowest BCUT2D eigenvalue weighted by molar-refractivity contribution is -0.151. The minimum absolute atomic E-state index is 0.0502. The fourth-order valence-electron chi connectivity index (χ4n) is 4.18. The normalized spacial score (nSPS) is 11.4. The van der Waals surface area contributed by atoms with E-state index in [-0.39, 0.29) is 25.1 Å². The lowest BCUT2D eigenvalue weighted by atomic mass is 10.0. The highest BCUT2D eigenvalue weighted by molar-refractivity contribution is 6.02. The Balaban J connectivity index is 1.69. The van der Waals surface area contributed by atoms with E-state index in [4.69, 9.17) is 5.73 Å². The number of phenols is 1. The molecule has 0 radical (unpaired) electrons. The lowest BCUT2D eigenvalue weighted by Gasteiger charge is -2.30. The number of nitrogens with two attached hydrogens (primary N) is 1. The predicted molar refractivity (Wildman–Crippen MR) is 146 cm³/mol. The molecule has 0 saturated heterocycles. The van der Waals surface area contributed by atoms with Crippen molar-refractivity contribution in [2.75, 3.05) is 5.73 Å².